The quantitative estimate of drug-likeness (QED) is 0.491. The molecule has 5 atom stereocenters. The van der Waals surface area contributed by atoms with Crippen LogP contribution in [-0.4, -0.2) is 50.1 Å². The average molecular weight is 405 g/mol. The van der Waals surface area contributed by atoms with E-state index in [1.165, 1.54) is 0 Å². The Hall–Kier alpha value is -2.18. The number of carbonyl (C=O) groups is 2. The molecule has 0 heterocycles. The molecule has 2 rings (SSSR count). The SMILES string of the molecule is CC(COC(=O)C1C=CC=CC1)OCC(C)OCC(C)OC(=O)C1C=CC=CC1. The number of esters is 2. The zero-order valence-corrected chi connectivity index (χ0v) is 17.5. The Morgan fingerprint density at radius 3 is 1.83 bits per heavy atom. The average Bonchev–Trinajstić information content (AvgIpc) is 2.75. The second-order valence-corrected chi connectivity index (χ2v) is 7.48. The fourth-order valence-electron chi connectivity index (χ4n) is 2.83. The van der Waals surface area contributed by atoms with Crippen LogP contribution >= 0.6 is 0 Å². The van der Waals surface area contributed by atoms with Crippen LogP contribution in [0.3, 0.4) is 0 Å². The molecule has 0 aromatic rings. The smallest absolute Gasteiger partial charge is 0.313 e. The summed E-state index contributed by atoms with van der Waals surface area (Å²) in [5.74, 6) is -0.890. The number of rotatable bonds is 11. The number of hydrogen-bond donors (Lipinski definition) is 0. The van der Waals surface area contributed by atoms with Gasteiger partial charge in [0.2, 0.25) is 0 Å². The standard InChI is InChI=1S/C23H32O6/c1-17(27-16-19(3)29-23(25)21-12-8-5-9-13-21)14-26-18(2)15-28-22(24)20-10-6-4-7-11-20/h4-10,12,17-21H,11,13-16H2,1-3H3. The van der Waals surface area contributed by atoms with Crippen LogP contribution in [0.4, 0.5) is 0 Å². The second kappa shape index (κ2) is 12.4. The van der Waals surface area contributed by atoms with Crippen LogP contribution in [0.5, 0.6) is 0 Å². The van der Waals surface area contributed by atoms with Crippen LogP contribution in [0.2, 0.25) is 0 Å². The lowest BCUT2D eigenvalue weighted by molar-refractivity contribution is -0.157. The first-order valence-corrected chi connectivity index (χ1v) is 10.2. The highest BCUT2D eigenvalue weighted by atomic mass is 16.6. The molecule has 2 aliphatic rings. The van der Waals surface area contributed by atoms with Crippen molar-refractivity contribution in [2.75, 3.05) is 19.8 Å². The molecule has 0 fully saturated rings. The molecule has 0 saturated carbocycles. The van der Waals surface area contributed by atoms with Gasteiger partial charge in [0, 0.05) is 0 Å². The molecular formula is C23H32O6. The van der Waals surface area contributed by atoms with Gasteiger partial charge in [-0.1, -0.05) is 48.6 Å². The van der Waals surface area contributed by atoms with Crippen molar-refractivity contribution < 1.29 is 28.5 Å². The van der Waals surface area contributed by atoms with Gasteiger partial charge in [-0.3, -0.25) is 9.59 Å². The normalized spacial score (nSPS) is 23.4. The van der Waals surface area contributed by atoms with Crippen LogP contribution in [0.25, 0.3) is 0 Å². The van der Waals surface area contributed by atoms with Crippen molar-refractivity contribution in [3.8, 4) is 0 Å². The molecule has 6 nitrogen and oxygen atoms in total. The summed E-state index contributed by atoms with van der Waals surface area (Å²) < 4.78 is 22.1. The Balaban J connectivity index is 1.55. The molecular weight excluding hydrogens is 372 g/mol. The fourth-order valence-corrected chi connectivity index (χ4v) is 2.83. The molecule has 0 bridgehead atoms. The first-order chi connectivity index (χ1) is 14.0. The van der Waals surface area contributed by atoms with E-state index in [9.17, 15) is 9.59 Å². The maximum absolute atomic E-state index is 12.1. The molecule has 0 N–H and O–H groups in total. The lowest BCUT2D eigenvalue weighted by atomic mass is 10.0. The van der Waals surface area contributed by atoms with Crippen molar-refractivity contribution in [3.05, 3.63) is 48.6 Å². The summed E-state index contributed by atoms with van der Waals surface area (Å²) in [4.78, 5) is 24.1. The van der Waals surface area contributed by atoms with Crippen LogP contribution in [-0.2, 0) is 28.5 Å². The maximum Gasteiger partial charge on any atom is 0.313 e. The van der Waals surface area contributed by atoms with Gasteiger partial charge < -0.3 is 18.9 Å². The molecule has 0 aromatic carbocycles. The highest BCUT2D eigenvalue weighted by molar-refractivity contribution is 5.75. The second-order valence-electron chi connectivity index (χ2n) is 7.48. The van der Waals surface area contributed by atoms with Crippen LogP contribution in [0.15, 0.2) is 48.6 Å². The third-order valence-corrected chi connectivity index (χ3v) is 4.58. The first-order valence-electron chi connectivity index (χ1n) is 10.2. The van der Waals surface area contributed by atoms with E-state index < -0.39 is 0 Å². The number of hydrogen-bond acceptors (Lipinski definition) is 6. The minimum Gasteiger partial charge on any atom is -0.462 e. The van der Waals surface area contributed by atoms with Crippen LogP contribution in [0, 0.1) is 11.8 Å². The fraction of sp³-hybridized carbons (Fsp3) is 0.565. The molecule has 0 amide bonds. The van der Waals surface area contributed by atoms with E-state index in [0.717, 1.165) is 0 Å². The summed E-state index contributed by atoms with van der Waals surface area (Å²) in [5, 5.41) is 0. The maximum atomic E-state index is 12.1. The van der Waals surface area contributed by atoms with Crippen molar-refractivity contribution in [1.82, 2.24) is 0 Å². The molecule has 5 unspecified atom stereocenters. The van der Waals surface area contributed by atoms with E-state index >= 15 is 0 Å². The van der Waals surface area contributed by atoms with E-state index in [1.807, 2.05) is 69.4 Å². The highest BCUT2D eigenvalue weighted by Crippen LogP contribution is 2.15. The number of allylic oxidation sites excluding steroid dienone is 6. The summed E-state index contributed by atoms with van der Waals surface area (Å²) in [5.41, 5.74) is 0. The summed E-state index contributed by atoms with van der Waals surface area (Å²) in [6.07, 6.45) is 15.8. The van der Waals surface area contributed by atoms with Gasteiger partial charge in [0.1, 0.15) is 12.7 Å². The summed E-state index contributed by atoms with van der Waals surface area (Å²) in [6.45, 7) is 6.42. The largest absolute Gasteiger partial charge is 0.462 e. The topological polar surface area (TPSA) is 71.1 Å². The van der Waals surface area contributed by atoms with E-state index in [0.29, 0.717) is 26.1 Å². The monoisotopic (exact) mass is 404 g/mol. The predicted molar refractivity (Wildman–Crippen MR) is 110 cm³/mol. The number of carbonyl (C=O) groups excluding carboxylic acids is 2. The minimum atomic E-state index is -0.333. The molecule has 6 heteroatoms. The zero-order valence-electron chi connectivity index (χ0n) is 17.5. The van der Waals surface area contributed by atoms with Gasteiger partial charge in [-0.2, -0.15) is 0 Å². The molecule has 0 saturated heterocycles. The Morgan fingerprint density at radius 2 is 1.28 bits per heavy atom. The van der Waals surface area contributed by atoms with Gasteiger partial charge in [0.05, 0.1) is 37.3 Å². The van der Waals surface area contributed by atoms with E-state index in [4.69, 9.17) is 18.9 Å². The molecule has 0 aromatic heterocycles. The van der Waals surface area contributed by atoms with Crippen molar-refractivity contribution in [2.24, 2.45) is 11.8 Å². The predicted octanol–water partition coefficient (Wildman–Crippen LogP) is 3.54. The third-order valence-electron chi connectivity index (χ3n) is 4.58. The molecule has 2 aliphatic carbocycles. The highest BCUT2D eigenvalue weighted by Gasteiger charge is 2.21. The summed E-state index contributed by atoms with van der Waals surface area (Å²) in [6, 6.07) is 0. The number of ether oxygens (including phenoxy) is 4. The van der Waals surface area contributed by atoms with Crippen LogP contribution < -0.4 is 0 Å². The third kappa shape index (κ3) is 8.79. The Morgan fingerprint density at radius 1 is 0.759 bits per heavy atom. The van der Waals surface area contributed by atoms with E-state index in [2.05, 4.69) is 0 Å². The Labute approximate surface area is 173 Å². The molecule has 0 aliphatic heterocycles. The minimum absolute atomic E-state index is 0.168. The van der Waals surface area contributed by atoms with Gasteiger partial charge in [-0.05, 0) is 33.6 Å². The van der Waals surface area contributed by atoms with Gasteiger partial charge in [-0.25, -0.2) is 0 Å². The van der Waals surface area contributed by atoms with Crippen molar-refractivity contribution in [2.45, 2.75) is 51.9 Å². The first kappa shape index (κ1) is 23.1. The molecule has 0 spiro atoms. The van der Waals surface area contributed by atoms with Crippen LogP contribution in [0.1, 0.15) is 33.6 Å². The van der Waals surface area contributed by atoms with Gasteiger partial charge >= 0.3 is 11.9 Å². The Kier molecular flexibility index (Phi) is 9.88. The molecule has 29 heavy (non-hydrogen) atoms. The molecule has 0 radical (unpaired) electrons. The lowest BCUT2D eigenvalue weighted by Crippen LogP contribution is -2.29. The summed E-state index contributed by atoms with van der Waals surface area (Å²) in [7, 11) is 0. The van der Waals surface area contributed by atoms with Gasteiger partial charge in [0.15, 0.2) is 0 Å². The molecule has 160 valence electrons. The van der Waals surface area contributed by atoms with E-state index in [1.54, 1.807) is 0 Å². The summed E-state index contributed by atoms with van der Waals surface area (Å²) >= 11 is 0. The van der Waals surface area contributed by atoms with Gasteiger partial charge in [-0.15, -0.1) is 0 Å². The van der Waals surface area contributed by atoms with Crippen molar-refractivity contribution in [3.63, 3.8) is 0 Å². The van der Waals surface area contributed by atoms with E-state index in [-0.39, 0.29) is 48.7 Å². The lowest BCUT2D eigenvalue weighted by Gasteiger charge is -2.21. The van der Waals surface area contributed by atoms with Crippen molar-refractivity contribution >= 4 is 11.9 Å². The zero-order chi connectivity index (χ0) is 21.1. The van der Waals surface area contributed by atoms with Gasteiger partial charge in [0.25, 0.3) is 0 Å². The van der Waals surface area contributed by atoms with Crippen molar-refractivity contribution in [1.29, 1.82) is 0 Å². The Bertz CT molecular complexity index is 648.